The van der Waals surface area contributed by atoms with E-state index in [2.05, 4.69) is 19.9 Å². The van der Waals surface area contributed by atoms with Crippen LogP contribution in [0.4, 0.5) is 5.95 Å². The van der Waals surface area contributed by atoms with Gasteiger partial charge in [-0.25, -0.2) is 4.98 Å². The number of nitrogens with zero attached hydrogens (tertiary/aromatic N) is 4. The van der Waals surface area contributed by atoms with Crippen LogP contribution in [0.15, 0.2) is 58.4 Å². The van der Waals surface area contributed by atoms with E-state index >= 15 is 0 Å². The number of ether oxygens (including phenoxy) is 1. The molecule has 0 aliphatic heterocycles. The van der Waals surface area contributed by atoms with Crippen LogP contribution < -0.4 is 19.0 Å². The first-order valence-corrected chi connectivity index (χ1v) is 11.0. The van der Waals surface area contributed by atoms with Gasteiger partial charge in [-0.2, -0.15) is 5.26 Å². The summed E-state index contributed by atoms with van der Waals surface area (Å²) in [6, 6.07) is 12.0. The van der Waals surface area contributed by atoms with E-state index < -0.39 is 11.6 Å². The number of fused-ring (bicyclic) bond motifs is 1. The lowest BCUT2D eigenvalue weighted by Gasteiger charge is -2.22. The van der Waals surface area contributed by atoms with Gasteiger partial charge in [-0.05, 0) is 31.2 Å². The molecule has 0 fully saturated rings. The second-order valence-electron chi connectivity index (χ2n) is 7.08. The summed E-state index contributed by atoms with van der Waals surface area (Å²) < 4.78 is 7.40. The number of H-pyrrole nitrogens is 2. The number of aromatic amines is 2. The highest BCUT2D eigenvalue weighted by molar-refractivity contribution is 14.1. The molecule has 166 valence electrons. The second kappa shape index (κ2) is 9.60. The fraction of sp³-hybridized carbons (Fsp3) is 0.136. The predicted octanol–water partition coefficient (Wildman–Crippen LogP) is 4.03. The van der Waals surface area contributed by atoms with E-state index in [4.69, 9.17) is 21.6 Å². The van der Waals surface area contributed by atoms with Gasteiger partial charge in [0.1, 0.15) is 24.0 Å². The summed E-state index contributed by atoms with van der Waals surface area (Å²) >= 11 is 8.38. The van der Waals surface area contributed by atoms with E-state index in [1.807, 2.05) is 41.1 Å². The van der Waals surface area contributed by atoms with Crippen molar-refractivity contribution in [3.05, 3.63) is 91.3 Å². The quantitative estimate of drug-likeness (QED) is 0.263. The highest BCUT2D eigenvalue weighted by Crippen LogP contribution is 2.32. The van der Waals surface area contributed by atoms with Crippen molar-refractivity contribution in [1.29, 1.82) is 5.26 Å². The van der Waals surface area contributed by atoms with Crippen molar-refractivity contribution in [1.82, 2.24) is 19.9 Å². The lowest BCUT2D eigenvalue weighted by atomic mass is 10.1. The molecule has 0 bridgehead atoms. The molecule has 3 heterocycles. The fourth-order valence-electron chi connectivity index (χ4n) is 3.16. The third-order valence-electron chi connectivity index (χ3n) is 4.93. The van der Waals surface area contributed by atoms with Gasteiger partial charge in [0.25, 0.3) is 11.1 Å². The highest BCUT2D eigenvalue weighted by Gasteiger charge is 2.20. The zero-order chi connectivity index (χ0) is 23.5. The minimum Gasteiger partial charge on any atom is -0.486 e. The Morgan fingerprint density at radius 2 is 2.03 bits per heavy atom. The number of pyridine rings is 2. The summed E-state index contributed by atoms with van der Waals surface area (Å²) in [7, 11) is 0. The molecule has 0 spiro atoms. The molecule has 0 saturated heterocycles. The average molecular weight is 575 g/mol. The van der Waals surface area contributed by atoms with Crippen LogP contribution in [-0.4, -0.2) is 19.9 Å². The molecule has 0 radical (unpaired) electrons. The van der Waals surface area contributed by atoms with Crippen LogP contribution in [0.3, 0.4) is 0 Å². The maximum atomic E-state index is 12.8. The number of hydrogen-bond acceptors (Lipinski definition) is 7. The van der Waals surface area contributed by atoms with Crippen molar-refractivity contribution in [3.8, 4) is 11.8 Å². The van der Waals surface area contributed by atoms with Crippen molar-refractivity contribution in [3.63, 3.8) is 0 Å². The van der Waals surface area contributed by atoms with E-state index in [0.717, 1.165) is 11.1 Å². The molecule has 0 aliphatic carbocycles. The Morgan fingerprint density at radius 3 is 2.73 bits per heavy atom. The predicted molar refractivity (Wildman–Crippen MR) is 133 cm³/mol. The Bertz CT molecular complexity index is 1480. The zero-order valence-electron chi connectivity index (χ0n) is 17.2. The molecule has 1 aromatic carbocycles. The molecule has 11 heteroatoms. The van der Waals surface area contributed by atoms with E-state index in [-0.39, 0.29) is 23.7 Å². The van der Waals surface area contributed by atoms with Crippen molar-refractivity contribution in [2.24, 2.45) is 0 Å². The third-order valence-corrected chi connectivity index (χ3v) is 6.51. The number of halogens is 2. The molecule has 2 N–H and O–H groups in total. The molecular weight excluding hydrogens is 559 g/mol. The maximum Gasteiger partial charge on any atom is 0.270 e. The smallest absolute Gasteiger partial charge is 0.270 e. The molecule has 0 saturated carbocycles. The molecule has 0 unspecified atom stereocenters. The van der Waals surface area contributed by atoms with E-state index in [1.54, 1.807) is 40.5 Å². The Labute approximate surface area is 206 Å². The molecule has 0 aliphatic rings. The minimum absolute atomic E-state index is 0.0875. The lowest BCUT2D eigenvalue weighted by Crippen LogP contribution is -2.26. The van der Waals surface area contributed by atoms with Gasteiger partial charge in [-0.3, -0.25) is 22.7 Å². The molecule has 4 aromatic rings. The third kappa shape index (κ3) is 4.84. The molecule has 3 aromatic heterocycles. The molecule has 9 nitrogen and oxygen atoms in total. The lowest BCUT2D eigenvalue weighted by molar-refractivity contribution is 0.302. The molecule has 1 atom stereocenters. The summed E-state index contributed by atoms with van der Waals surface area (Å²) in [5.74, 6) is 0.657. The Hall–Kier alpha value is -3.43. The summed E-state index contributed by atoms with van der Waals surface area (Å²) in [5, 5.41) is 10.0. The fourth-order valence-corrected chi connectivity index (χ4v) is 3.93. The minimum atomic E-state index is -0.547. The average Bonchev–Trinajstić information content (AvgIpc) is 2.82. The summed E-state index contributed by atoms with van der Waals surface area (Å²) in [6.07, 6.45) is 2.88. The second-order valence-corrected chi connectivity index (χ2v) is 8.53. The molecular formula is C22H16ClIN6O3. The van der Waals surface area contributed by atoms with Gasteiger partial charge < -0.3 is 9.72 Å². The normalized spacial score (nSPS) is 11.7. The van der Waals surface area contributed by atoms with Crippen LogP contribution >= 0.6 is 34.5 Å². The van der Waals surface area contributed by atoms with Crippen LogP contribution in [0.25, 0.3) is 10.9 Å². The van der Waals surface area contributed by atoms with Crippen LogP contribution in [0, 0.1) is 11.3 Å². The Morgan fingerprint density at radius 1 is 1.21 bits per heavy atom. The van der Waals surface area contributed by atoms with Gasteiger partial charge in [0.2, 0.25) is 5.95 Å². The van der Waals surface area contributed by atoms with Gasteiger partial charge >= 0.3 is 0 Å². The van der Waals surface area contributed by atoms with Crippen LogP contribution in [0.1, 0.15) is 29.8 Å². The van der Waals surface area contributed by atoms with Gasteiger partial charge in [-0.15, -0.1) is 0 Å². The van der Waals surface area contributed by atoms with Gasteiger partial charge in [0.05, 0.1) is 51.3 Å². The van der Waals surface area contributed by atoms with Gasteiger partial charge in [-0.1, -0.05) is 17.7 Å². The summed E-state index contributed by atoms with van der Waals surface area (Å²) in [6.45, 7) is 2.04. The van der Waals surface area contributed by atoms with Gasteiger partial charge in [0, 0.05) is 23.2 Å². The van der Waals surface area contributed by atoms with Gasteiger partial charge in [0.15, 0.2) is 0 Å². The summed E-state index contributed by atoms with van der Waals surface area (Å²) in [5.41, 5.74) is 0.834. The number of rotatable bonds is 6. The largest absolute Gasteiger partial charge is 0.486 e. The first kappa shape index (κ1) is 22.8. The highest BCUT2D eigenvalue weighted by atomic mass is 127. The Balaban J connectivity index is 1.63. The van der Waals surface area contributed by atoms with Crippen molar-refractivity contribution >= 4 is 51.3 Å². The first-order valence-electron chi connectivity index (χ1n) is 9.71. The van der Waals surface area contributed by atoms with Crippen LogP contribution in [0.2, 0.25) is 5.02 Å². The molecule has 33 heavy (non-hydrogen) atoms. The van der Waals surface area contributed by atoms with E-state index in [0.29, 0.717) is 21.9 Å². The zero-order valence-corrected chi connectivity index (χ0v) is 20.1. The number of hydrogen-bond donors (Lipinski definition) is 2. The first-order chi connectivity index (χ1) is 15.9. The number of aromatic nitrogens is 4. The molecule has 0 amide bonds. The van der Waals surface area contributed by atoms with E-state index in [1.165, 1.54) is 6.20 Å². The number of benzene rings is 1. The topological polar surface area (TPSA) is 128 Å². The summed E-state index contributed by atoms with van der Waals surface area (Å²) in [4.78, 5) is 38.5. The SMILES string of the molecule is C[C@@H](c1cc2cc(Cl)c(OCc3ccccn3)cc2[nH]c1=O)N(I)c1ncc(C#N)c(=O)[nH]1. The number of nitriles is 1. The van der Waals surface area contributed by atoms with E-state index in [9.17, 15) is 9.59 Å². The molecule has 4 rings (SSSR count). The standard InChI is InChI=1S/C22H16ClIN6O3/c1-12(30(24)22-27-10-14(9-25)20(31)29-22)16-6-13-7-17(23)19(8-18(13)28-21(16)32)33-11-15-4-2-3-5-26-15/h2-8,10,12H,11H2,1H3,(H,28,32)(H,27,29,31)/t12-/m0/s1. The Kier molecular flexibility index (Phi) is 6.62. The number of nitrogens with one attached hydrogen (secondary N) is 2. The maximum absolute atomic E-state index is 12.8. The van der Waals surface area contributed by atoms with Crippen molar-refractivity contribution < 1.29 is 4.74 Å². The monoisotopic (exact) mass is 574 g/mol. The van der Waals surface area contributed by atoms with Crippen LogP contribution in [-0.2, 0) is 6.61 Å². The van der Waals surface area contributed by atoms with Crippen LogP contribution in [0.5, 0.6) is 5.75 Å². The van der Waals surface area contributed by atoms with Crippen molar-refractivity contribution in [2.75, 3.05) is 3.11 Å². The number of anilines is 1. The van der Waals surface area contributed by atoms with Crippen molar-refractivity contribution in [2.45, 2.75) is 19.6 Å².